The Morgan fingerprint density at radius 1 is 0.744 bits per heavy atom. The molecule has 0 amide bonds. The molecule has 2 aliphatic heterocycles. The summed E-state index contributed by atoms with van der Waals surface area (Å²) >= 11 is 9.02. The van der Waals surface area contributed by atoms with Gasteiger partial charge in [-0.2, -0.15) is 0 Å². The van der Waals surface area contributed by atoms with Crippen molar-refractivity contribution in [3.8, 4) is 23.3 Å². The third-order valence-corrected chi connectivity index (χ3v) is 10.2. The van der Waals surface area contributed by atoms with Crippen LogP contribution in [0.2, 0.25) is 0 Å². The van der Waals surface area contributed by atoms with E-state index in [4.69, 9.17) is 39.8 Å². The zero-order valence-corrected chi connectivity index (χ0v) is 26.0. The van der Waals surface area contributed by atoms with E-state index in [1.165, 1.54) is 36.4 Å². The van der Waals surface area contributed by atoms with Crippen molar-refractivity contribution in [1.29, 1.82) is 0 Å². The van der Waals surface area contributed by atoms with Crippen LogP contribution in [0.15, 0.2) is 56.9 Å². The number of azo groups is 2. The first-order valence-electron chi connectivity index (χ1n) is 12.0. The number of rotatable bonds is 4. The summed E-state index contributed by atoms with van der Waals surface area (Å²) in [5, 5.41) is 40.6. The van der Waals surface area contributed by atoms with Gasteiger partial charge in [0, 0.05) is 0 Å². The summed E-state index contributed by atoms with van der Waals surface area (Å²) in [5.74, 6) is 0.166. The monoisotopic (exact) mass is 707 g/mol. The summed E-state index contributed by atoms with van der Waals surface area (Å²) < 4.78 is 29.9. The van der Waals surface area contributed by atoms with Crippen molar-refractivity contribution in [2.45, 2.75) is 26.9 Å². The van der Waals surface area contributed by atoms with Crippen LogP contribution in [0.3, 0.4) is 0 Å². The molecule has 0 saturated carbocycles. The van der Waals surface area contributed by atoms with Crippen molar-refractivity contribution in [2.24, 2.45) is 20.5 Å². The number of nitro groups is 2. The zero-order valence-electron chi connectivity index (χ0n) is 21.7. The Morgan fingerprint density at radius 2 is 1.16 bits per heavy atom. The molecule has 16 nitrogen and oxygen atoms in total. The average Bonchev–Trinajstić information content (AvgIpc) is 3.46. The van der Waals surface area contributed by atoms with Crippen molar-refractivity contribution in [3.63, 3.8) is 0 Å². The van der Waals surface area contributed by atoms with E-state index in [0.29, 0.717) is 21.0 Å². The molecule has 0 fully saturated rings. The van der Waals surface area contributed by atoms with Crippen LogP contribution in [0.25, 0.3) is 0 Å². The number of non-ortho nitro benzene ring substituents is 2. The molecule has 2 aromatic carbocycles. The second kappa shape index (κ2) is 11.2. The predicted molar refractivity (Wildman–Crippen MR) is 155 cm³/mol. The number of thiazole rings is 2. The number of aromatic nitrogens is 2. The summed E-state index contributed by atoms with van der Waals surface area (Å²) in [6.07, 6.45) is 0. The number of nitrogens with zero attached hydrogens (tertiary/aromatic N) is 8. The minimum atomic E-state index is -4.22. The van der Waals surface area contributed by atoms with E-state index in [-0.39, 0.29) is 56.0 Å². The van der Waals surface area contributed by atoms with Crippen LogP contribution in [0.1, 0.15) is 13.8 Å². The molecular weight excluding hydrogens is 691 g/mol. The van der Waals surface area contributed by atoms with Gasteiger partial charge >= 0.3 is 263 Å². The SMILES string of the molecule is CCn1c2c(sc1=S)N=Nc1cc([N+](=O)[O-])ccc1[O][Co]1([O]c3ccc([N+](=O)[O-])cc3N=Nc3sc(=S)n(CC)c3[O]1)[O]2. The molecule has 43 heavy (non-hydrogen) atoms. The standard InChI is InChI=1S/2C11H10N4O4S2.Co/c2*1-2-14-10(17)9(21-11(14)20)13-12-7-5-6(15(18)19)3-4-8(7)16;/h2*3-5,16-17H,2H2,1H3;/q;;+4/p-4. The van der Waals surface area contributed by atoms with Gasteiger partial charge in [0.15, 0.2) is 0 Å². The van der Waals surface area contributed by atoms with Crippen molar-refractivity contribution in [3.05, 3.63) is 64.5 Å². The molecule has 4 aromatic rings. The van der Waals surface area contributed by atoms with Gasteiger partial charge in [0.2, 0.25) is 0 Å². The predicted octanol–water partition coefficient (Wildman–Crippen LogP) is 8.62. The van der Waals surface area contributed by atoms with Crippen LogP contribution in [0, 0.1) is 28.1 Å². The molecule has 225 valence electrons. The second-order valence-corrected chi connectivity index (χ2v) is 13.4. The van der Waals surface area contributed by atoms with Crippen LogP contribution in [-0.4, -0.2) is 19.0 Å². The summed E-state index contributed by atoms with van der Waals surface area (Å²) in [6.45, 7) is 4.40. The molecule has 6 rings (SSSR count). The van der Waals surface area contributed by atoms with Gasteiger partial charge in [-0.25, -0.2) is 0 Å². The first kappa shape index (κ1) is 28.9. The van der Waals surface area contributed by atoms with Crippen LogP contribution in [0.4, 0.5) is 32.8 Å². The number of benzene rings is 2. The van der Waals surface area contributed by atoms with E-state index in [1.54, 1.807) is 9.13 Å². The van der Waals surface area contributed by atoms with Crippen LogP contribution >= 0.6 is 47.1 Å². The summed E-state index contributed by atoms with van der Waals surface area (Å²) in [6, 6.07) is 7.42. The summed E-state index contributed by atoms with van der Waals surface area (Å²) in [7, 11) is 0. The molecule has 2 aromatic heterocycles. The van der Waals surface area contributed by atoms with Gasteiger partial charge in [-0.3, -0.25) is 0 Å². The van der Waals surface area contributed by atoms with Crippen molar-refractivity contribution in [1.82, 2.24) is 9.13 Å². The fraction of sp³-hybridized carbons (Fsp3) is 0.182. The van der Waals surface area contributed by atoms with Gasteiger partial charge in [0.05, 0.1) is 0 Å². The van der Waals surface area contributed by atoms with Crippen molar-refractivity contribution >= 4 is 79.9 Å². The molecule has 4 heterocycles. The molecule has 0 N–H and O–H groups in total. The molecule has 0 bridgehead atoms. The zero-order chi connectivity index (χ0) is 30.5. The molecule has 1 spiro atoms. The molecular formula is C22H16CoN8O8S4. The average molecular weight is 708 g/mol. The Kier molecular flexibility index (Phi) is 7.51. The Bertz CT molecular complexity index is 1860. The maximum absolute atomic E-state index is 11.6. The number of hydrogen-bond donors (Lipinski definition) is 0. The summed E-state index contributed by atoms with van der Waals surface area (Å²) in [4.78, 5) is 22.0. The van der Waals surface area contributed by atoms with Crippen LogP contribution in [-0.2, 0) is 27.0 Å². The van der Waals surface area contributed by atoms with Gasteiger partial charge in [0.25, 0.3) is 0 Å². The fourth-order valence-corrected chi connectivity index (χ4v) is 8.44. The molecule has 0 saturated heterocycles. The van der Waals surface area contributed by atoms with E-state index in [1.807, 2.05) is 13.8 Å². The van der Waals surface area contributed by atoms with E-state index in [2.05, 4.69) is 20.5 Å². The minimum absolute atomic E-state index is 0.0184. The maximum atomic E-state index is 11.6. The van der Waals surface area contributed by atoms with E-state index < -0.39 is 23.8 Å². The topological polar surface area (TPSA) is 182 Å². The first-order valence-corrected chi connectivity index (χ1v) is 16.1. The molecule has 21 heteroatoms. The van der Waals surface area contributed by atoms with Gasteiger partial charge in [-0.05, 0) is 0 Å². The second-order valence-electron chi connectivity index (χ2n) is 8.27. The normalized spacial score (nSPS) is 18.1. The quantitative estimate of drug-likeness (QED) is 0.113. The molecule has 0 aliphatic carbocycles. The van der Waals surface area contributed by atoms with Gasteiger partial charge in [0.1, 0.15) is 0 Å². The fourth-order valence-electron chi connectivity index (χ4n) is 3.69. The van der Waals surface area contributed by atoms with E-state index >= 15 is 0 Å². The third-order valence-electron chi connectivity index (χ3n) is 5.71. The Balaban J connectivity index is 1.66. The number of nitro benzene ring substituents is 2. The summed E-state index contributed by atoms with van der Waals surface area (Å²) in [5.41, 5.74) is -0.567. The van der Waals surface area contributed by atoms with E-state index in [9.17, 15) is 20.2 Å². The van der Waals surface area contributed by atoms with Gasteiger partial charge in [-0.15, -0.1) is 0 Å². The van der Waals surface area contributed by atoms with Crippen molar-refractivity contribution in [2.75, 3.05) is 0 Å². The van der Waals surface area contributed by atoms with Gasteiger partial charge in [-0.1, -0.05) is 0 Å². The molecule has 0 unspecified atom stereocenters. The Labute approximate surface area is 262 Å². The Morgan fingerprint density at radius 3 is 1.53 bits per heavy atom. The number of hydrogen-bond acceptors (Lipinski definition) is 16. The first-order chi connectivity index (χ1) is 20.6. The van der Waals surface area contributed by atoms with E-state index in [0.717, 1.165) is 22.7 Å². The van der Waals surface area contributed by atoms with Gasteiger partial charge < -0.3 is 0 Å². The molecule has 0 radical (unpaired) electrons. The number of fused-ring (bicyclic) bond motifs is 4. The van der Waals surface area contributed by atoms with Crippen molar-refractivity contribution < 1.29 is 39.2 Å². The third kappa shape index (κ3) is 5.29. The molecule has 0 atom stereocenters. The van der Waals surface area contributed by atoms with Crippen LogP contribution in [0.5, 0.6) is 23.3 Å². The van der Waals surface area contributed by atoms with Crippen LogP contribution < -0.4 is 15.4 Å². The molecule has 2 aliphatic rings. The Hall–Kier alpha value is -4.15.